The molecule has 3 aliphatic carbocycles. The molecule has 0 aliphatic heterocycles. The third kappa shape index (κ3) is 9.44. The molecular formula is C49H51BrN8O3. The van der Waals surface area contributed by atoms with Crippen LogP contribution < -0.4 is 19.9 Å². The number of nitrogen functional groups attached to an aromatic ring is 1. The van der Waals surface area contributed by atoms with Crippen LogP contribution in [0.5, 0.6) is 17.2 Å². The van der Waals surface area contributed by atoms with Gasteiger partial charge in [-0.3, -0.25) is 0 Å². The molecule has 0 amide bonds. The highest BCUT2D eigenvalue weighted by Crippen LogP contribution is 2.42. The van der Waals surface area contributed by atoms with Gasteiger partial charge < -0.3 is 33.1 Å². The largest absolute Gasteiger partial charge is 0.492 e. The van der Waals surface area contributed by atoms with Gasteiger partial charge in [0.25, 0.3) is 0 Å². The number of fused-ring (bicyclic) bond motifs is 3. The number of anilines is 1. The maximum Gasteiger partial charge on any atom is 0.150 e. The molecule has 3 saturated carbocycles. The number of aliphatic imine (C=N–C) groups is 1. The number of aromatic nitrogens is 6. The summed E-state index contributed by atoms with van der Waals surface area (Å²) in [6, 6.07) is 26.5. The van der Waals surface area contributed by atoms with Gasteiger partial charge in [-0.1, -0.05) is 60.7 Å². The summed E-state index contributed by atoms with van der Waals surface area (Å²) >= 11 is 3.51. The van der Waals surface area contributed by atoms with Gasteiger partial charge >= 0.3 is 0 Å². The van der Waals surface area contributed by atoms with Crippen molar-refractivity contribution in [2.75, 3.05) is 25.6 Å². The fraction of sp³-hybridized carbons (Fsp3) is 0.306. The highest BCUT2D eigenvalue weighted by Gasteiger charge is 2.28. The second kappa shape index (κ2) is 17.8. The van der Waals surface area contributed by atoms with Crippen LogP contribution >= 0.6 is 15.9 Å². The van der Waals surface area contributed by atoms with Crippen LogP contribution in [0.1, 0.15) is 105 Å². The molecule has 0 spiro atoms. The summed E-state index contributed by atoms with van der Waals surface area (Å²) in [6.07, 6.45) is 19.8. The van der Waals surface area contributed by atoms with Crippen LogP contribution in [0.2, 0.25) is 0 Å². The summed E-state index contributed by atoms with van der Waals surface area (Å²) in [6.45, 7) is 7.80. The molecule has 61 heavy (non-hydrogen) atoms. The van der Waals surface area contributed by atoms with Gasteiger partial charge in [-0.25, -0.2) is 19.9 Å². The van der Waals surface area contributed by atoms with Gasteiger partial charge in [0.1, 0.15) is 39.9 Å². The Bertz CT molecular complexity index is 2660. The maximum atomic E-state index is 5.94. The summed E-state index contributed by atoms with van der Waals surface area (Å²) in [5, 5.41) is 0. The standard InChI is InChI=1S/C25H23N3O.C12H13BrN2O.C12H15N3O/c1-2-29-23-15-24-26-21(18-13-14-18)16-28(24)17-22(23)27-25(19-9-5-3-6-10-19)20-11-7-4-8-12-20;2*1-2-16-11-5-12-14-10(8-3-4-8)7-15(12)6-9(11)13/h3-12,15-18H,2,13-14H2,1H3;5-8H,2-4H2,1H3;5-8H,2-4,13H2,1H3. The molecule has 0 unspecified atom stereocenters. The first-order valence-corrected chi connectivity index (χ1v) is 22.2. The molecule has 3 fully saturated rings. The van der Waals surface area contributed by atoms with Gasteiger partial charge in [0.15, 0.2) is 0 Å². The molecule has 12 heteroatoms. The first-order chi connectivity index (χ1) is 29.9. The van der Waals surface area contributed by atoms with Crippen molar-refractivity contribution in [3.8, 4) is 17.2 Å². The maximum absolute atomic E-state index is 5.94. The van der Waals surface area contributed by atoms with Gasteiger partial charge in [0.05, 0.1) is 52.8 Å². The van der Waals surface area contributed by atoms with E-state index in [9.17, 15) is 0 Å². The van der Waals surface area contributed by atoms with Crippen LogP contribution in [0.4, 0.5) is 11.4 Å². The number of hydrogen-bond donors (Lipinski definition) is 1. The fourth-order valence-corrected chi connectivity index (χ4v) is 7.77. The third-order valence-electron chi connectivity index (χ3n) is 10.9. The lowest BCUT2D eigenvalue weighted by atomic mass is 10.0. The van der Waals surface area contributed by atoms with Crippen molar-refractivity contribution in [1.29, 1.82) is 0 Å². The Morgan fingerprint density at radius 3 is 1.46 bits per heavy atom. The van der Waals surface area contributed by atoms with Crippen molar-refractivity contribution in [3.05, 3.63) is 149 Å². The summed E-state index contributed by atoms with van der Waals surface area (Å²) in [5.41, 5.74) is 16.8. The Kier molecular flexibility index (Phi) is 11.8. The van der Waals surface area contributed by atoms with Gasteiger partial charge in [0, 0.05) is 84.3 Å². The Labute approximate surface area is 364 Å². The molecule has 2 aromatic carbocycles. The summed E-state index contributed by atoms with van der Waals surface area (Å²) in [7, 11) is 0. The first kappa shape index (κ1) is 40.3. The predicted molar refractivity (Wildman–Crippen MR) is 245 cm³/mol. The van der Waals surface area contributed by atoms with Crippen molar-refractivity contribution in [1.82, 2.24) is 28.2 Å². The Balaban J connectivity index is 0.000000126. The topological polar surface area (TPSA) is 118 Å². The molecule has 0 radical (unpaired) electrons. The zero-order valence-corrected chi connectivity index (χ0v) is 36.5. The lowest BCUT2D eigenvalue weighted by molar-refractivity contribution is 0.338. The van der Waals surface area contributed by atoms with Crippen molar-refractivity contribution in [3.63, 3.8) is 0 Å². The van der Waals surface area contributed by atoms with E-state index in [0.717, 1.165) is 61.2 Å². The van der Waals surface area contributed by atoms with E-state index in [1.807, 2.05) is 98.4 Å². The summed E-state index contributed by atoms with van der Waals surface area (Å²) < 4.78 is 24.0. The minimum atomic E-state index is 0.584. The van der Waals surface area contributed by atoms with Crippen molar-refractivity contribution in [2.24, 2.45) is 4.99 Å². The molecule has 0 atom stereocenters. The quantitative estimate of drug-likeness (QED) is 0.121. The molecule has 3 aliphatic rings. The SMILES string of the molecule is CCOc1cc2nc(C3CC3)cn2cc1Br.CCOc1cc2nc(C3CC3)cn2cc1N.CCOc1cc2nc(C3CC3)cn2cc1N=C(c1ccccc1)c1ccccc1. The minimum absolute atomic E-state index is 0.584. The fourth-order valence-electron chi connectivity index (χ4n) is 7.32. The van der Waals surface area contributed by atoms with E-state index < -0.39 is 0 Å². The van der Waals surface area contributed by atoms with Gasteiger partial charge in [-0.2, -0.15) is 0 Å². The van der Waals surface area contributed by atoms with E-state index in [-0.39, 0.29) is 0 Å². The van der Waals surface area contributed by atoms with Crippen LogP contribution in [-0.4, -0.2) is 53.7 Å². The van der Waals surface area contributed by atoms with E-state index in [1.54, 1.807) is 0 Å². The molecular weight excluding hydrogens is 828 g/mol. The van der Waals surface area contributed by atoms with E-state index in [4.69, 9.17) is 29.9 Å². The Morgan fingerprint density at radius 2 is 0.984 bits per heavy atom. The lowest BCUT2D eigenvalue weighted by Crippen LogP contribution is -2.03. The monoisotopic (exact) mass is 878 g/mol. The normalized spacial score (nSPS) is 14.6. The first-order valence-electron chi connectivity index (χ1n) is 21.4. The van der Waals surface area contributed by atoms with Crippen LogP contribution in [0.15, 0.2) is 126 Å². The molecule has 11 nitrogen and oxygen atoms in total. The van der Waals surface area contributed by atoms with Crippen molar-refractivity contribution >= 4 is 50.0 Å². The van der Waals surface area contributed by atoms with Crippen LogP contribution in [0, 0.1) is 0 Å². The number of benzene rings is 2. The van der Waals surface area contributed by atoms with Crippen LogP contribution in [-0.2, 0) is 0 Å². The molecule has 312 valence electrons. The molecule has 2 N–H and O–H groups in total. The van der Waals surface area contributed by atoms with E-state index in [2.05, 4.69) is 77.6 Å². The summed E-state index contributed by atoms with van der Waals surface area (Å²) in [4.78, 5) is 19.1. The van der Waals surface area contributed by atoms with Gasteiger partial charge in [-0.15, -0.1) is 0 Å². The second-order valence-corrected chi connectivity index (χ2v) is 16.6. The van der Waals surface area contributed by atoms with Gasteiger partial charge in [0.2, 0.25) is 0 Å². The number of hydrogen-bond acceptors (Lipinski definition) is 8. The van der Waals surface area contributed by atoms with E-state index in [0.29, 0.717) is 43.3 Å². The molecule has 6 aromatic heterocycles. The average Bonchev–Trinajstić information content (AvgIpc) is 4.21. The average molecular weight is 880 g/mol. The van der Waals surface area contributed by atoms with E-state index >= 15 is 0 Å². The highest BCUT2D eigenvalue weighted by molar-refractivity contribution is 9.10. The minimum Gasteiger partial charge on any atom is -0.492 e. The summed E-state index contributed by atoms with van der Waals surface area (Å²) in [5.74, 6) is 4.32. The van der Waals surface area contributed by atoms with E-state index in [1.165, 1.54) is 55.6 Å². The van der Waals surface area contributed by atoms with Crippen molar-refractivity contribution < 1.29 is 14.2 Å². The lowest BCUT2D eigenvalue weighted by Gasteiger charge is -2.11. The number of nitrogens with two attached hydrogens (primary N) is 1. The number of imidazole rings is 3. The van der Waals surface area contributed by atoms with Gasteiger partial charge in [-0.05, 0) is 75.2 Å². The Hall–Kier alpha value is -6.14. The molecule has 0 bridgehead atoms. The Morgan fingerprint density at radius 1 is 0.574 bits per heavy atom. The number of halogens is 1. The molecule has 6 heterocycles. The highest BCUT2D eigenvalue weighted by atomic mass is 79.9. The number of ether oxygens (including phenoxy) is 3. The molecule has 8 aromatic rings. The smallest absolute Gasteiger partial charge is 0.150 e. The zero-order chi connectivity index (χ0) is 41.9. The van der Waals surface area contributed by atoms with Crippen molar-refractivity contribution in [2.45, 2.75) is 77.0 Å². The number of nitrogens with zero attached hydrogens (tertiary/aromatic N) is 7. The number of rotatable bonds is 12. The molecule has 11 rings (SSSR count). The zero-order valence-electron chi connectivity index (χ0n) is 34.9. The molecule has 0 saturated heterocycles. The number of pyridine rings is 3. The van der Waals surface area contributed by atoms with Crippen LogP contribution in [0.25, 0.3) is 16.9 Å². The third-order valence-corrected chi connectivity index (χ3v) is 11.5. The second-order valence-electron chi connectivity index (χ2n) is 15.7. The predicted octanol–water partition coefficient (Wildman–Crippen LogP) is 11.3. The van der Waals surface area contributed by atoms with Crippen LogP contribution in [0.3, 0.4) is 0 Å².